The zero-order valence-electron chi connectivity index (χ0n) is 14.4. The highest BCUT2D eigenvalue weighted by Gasteiger charge is 2.18. The largest absolute Gasteiger partial charge is 0.357 e. The van der Waals surface area contributed by atoms with E-state index in [1.165, 1.54) is 37.1 Å². The van der Waals surface area contributed by atoms with Crippen LogP contribution in [0.4, 0.5) is 10.1 Å². The summed E-state index contributed by atoms with van der Waals surface area (Å²) in [4.78, 5) is 16.3. The monoisotopic (exact) mass is 334 g/mol. The Hall–Kier alpha value is -2.11. The second-order valence-corrected chi connectivity index (χ2v) is 6.35. The van der Waals surface area contributed by atoms with Crippen LogP contribution in [0.3, 0.4) is 0 Å². The van der Waals surface area contributed by atoms with Gasteiger partial charge in [-0.1, -0.05) is 6.92 Å². The molecule has 3 N–H and O–H groups in total. The molecule has 1 fully saturated rings. The zero-order valence-corrected chi connectivity index (χ0v) is 14.4. The van der Waals surface area contributed by atoms with E-state index in [0.717, 1.165) is 25.3 Å². The summed E-state index contributed by atoms with van der Waals surface area (Å²) >= 11 is 0. The fraction of sp³-hybridized carbons (Fsp3) is 0.556. The summed E-state index contributed by atoms with van der Waals surface area (Å²) in [7, 11) is 0. The quantitative estimate of drug-likeness (QED) is 0.573. The topological polar surface area (TPSA) is 65.5 Å². The van der Waals surface area contributed by atoms with Crippen molar-refractivity contribution < 1.29 is 9.18 Å². The van der Waals surface area contributed by atoms with Gasteiger partial charge in [-0.05, 0) is 62.8 Å². The molecule has 5 nitrogen and oxygen atoms in total. The van der Waals surface area contributed by atoms with Crippen LogP contribution in [0.1, 0.15) is 39.5 Å². The number of rotatable bonds is 5. The van der Waals surface area contributed by atoms with Crippen molar-refractivity contribution in [1.29, 1.82) is 0 Å². The summed E-state index contributed by atoms with van der Waals surface area (Å²) < 4.78 is 12.9. The van der Waals surface area contributed by atoms with E-state index in [1.54, 1.807) is 0 Å². The number of benzene rings is 1. The Balaban J connectivity index is 1.85. The molecule has 2 rings (SSSR count). The molecule has 0 radical (unpaired) electrons. The van der Waals surface area contributed by atoms with Gasteiger partial charge in [-0.25, -0.2) is 9.38 Å². The Morgan fingerprint density at radius 1 is 1.21 bits per heavy atom. The number of hydrogen-bond acceptors (Lipinski definition) is 2. The number of aliphatic imine (C=N–C) groups is 1. The van der Waals surface area contributed by atoms with Crippen LogP contribution in [0.5, 0.6) is 0 Å². The Labute approximate surface area is 143 Å². The first-order chi connectivity index (χ1) is 11.6. The van der Waals surface area contributed by atoms with Crippen molar-refractivity contribution in [3.63, 3.8) is 0 Å². The van der Waals surface area contributed by atoms with Gasteiger partial charge in [-0.2, -0.15) is 0 Å². The molecule has 0 saturated heterocycles. The van der Waals surface area contributed by atoms with Gasteiger partial charge in [0, 0.05) is 18.3 Å². The highest BCUT2D eigenvalue weighted by molar-refractivity contribution is 5.94. The fourth-order valence-electron chi connectivity index (χ4n) is 2.80. The summed E-state index contributed by atoms with van der Waals surface area (Å²) in [6, 6.07) is 6.11. The second kappa shape index (κ2) is 9.25. The van der Waals surface area contributed by atoms with Crippen LogP contribution in [0.2, 0.25) is 0 Å². The second-order valence-electron chi connectivity index (χ2n) is 6.35. The minimum atomic E-state index is -0.327. The minimum absolute atomic E-state index is 0.0236. The van der Waals surface area contributed by atoms with E-state index in [-0.39, 0.29) is 18.3 Å². The third kappa shape index (κ3) is 6.18. The van der Waals surface area contributed by atoms with Gasteiger partial charge < -0.3 is 16.0 Å². The molecule has 6 heteroatoms. The van der Waals surface area contributed by atoms with Crippen LogP contribution in [0.15, 0.2) is 29.3 Å². The van der Waals surface area contributed by atoms with Crippen LogP contribution in [0, 0.1) is 11.7 Å². The lowest BCUT2D eigenvalue weighted by molar-refractivity contribution is -0.114. The Morgan fingerprint density at radius 3 is 2.50 bits per heavy atom. The average Bonchev–Trinajstić information content (AvgIpc) is 2.57. The van der Waals surface area contributed by atoms with Gasteiger partial charge in [0.2, 0.25) is 5.91 Å². The maximum absolute atomic E-state index is 12.9. The number of anilines is 1. The van der Waals surface area contributed by atoms with Crippen molar-refractivity contribution in [3.05, 3.63) is 30.1 Å². The van der Waals surface area contributed by atoms with Gasteiger partial charge in [-0.3, -0.25) is 4.79 Å². The predicted octanol–water partition coefficient (Wildman–Crippen LogP) is 2.90. The standard InChI is InChI=1S/C18H27FN4O/c1-3-20-18(23-16-8-4-13(2)5-9-16)21-12-17(24)22-15-10-6-14(19)7-11-15/h6-7,10-11,13,16H,3-5,8-9,12H2,1-2H3,(H,22,24)(H2,20,21,23). The molecule has 0 heterocycles. The third-order valence-electron chi connectivity index (χ3n) is 4.21. The van der Waals surface area contributed by atoms with Crippen LogP contribution in [-0.4, -0.2) is 31.0 Å². The van der Waals surface area contributed by atoms with Crippen molar-refractivity contribution in [2.75, 3.05) is 18.4 Å². The normalized spacial score (nSPS) is 21.2. The van der Waals surface area contributed by atoms with Gasteiger partial charge in [0.1, 0.15) is 12.4 Å². The molecule has 0 bridgehead atoms. The molecule has 24 heavy (non-hydrogen) atoms. The zero-order chi connectivity index (χ0) is 17.4. The highest BCUT2D eigenvalue weighted by atomic mass is 19.1. The highest BCUT2D eigenvalue weighted by Crippen LogP contribution is 2.23. The predicted molar refractivity (Wildman–Crippen MR) is 95.6 cm³/mol. The number of nitrogens with zero attached hydrogens (tertiary/aromatic N) is 1. The molecule has 0 aliphatic heterocycles. The van der Waals surface area contributed by atoms with E-state index in [9.17, 15) is 9.18 Å². The maximum atomic E-state index is 12.9. The molecule has 0 unspecified atom stereocenters. The smallest absolute Gasteiger partial charge is 0.246 e. The van der Waals surface area contributed by atoms with E-state index in [2.05, 4.69) is 27.9 Å². The number of guanidine groups is 1. The Kier molecular flexibility index (Phi) is 7.03. The summed E-state index contributed by atoms with van der Waals surface area (Å²) in [6.45, 7) is 5.05. The molecular formula is C18H27FN4O. The summed E-state index contributed by atoms with van der Waals surface area (Å²) in [5.74, 6) is 0.915. The van der Waals surface area contributed by atoms with Crippen molar-refractivity contribution in [2.24, 2.45) is 10.9 Å². The lowest BCUT2D eigenvalue weighted by Gasteiger charge is -2.28. The molecule has 1 aliphatic rings. The van der Waals surface area contributed by atoms with Crippen molar-refractivity contribution >= 4 is 17.6 Å². The van der Waals surface area contributed by atoms with E-state index < -0.39 is 0 Å². The average molecular weight is 334 g/mol. The van der Waals surface area contributed by atoms with E-state index in [0.29, 0.717) is 17.7 Å². The summed E-state index contributed by atoms with van der Waals surface area (Å²) in [5, 5.41) is 9.30. The molecule has 1 saturated carbocycles. The molecule has 0 aromatic heterocycles. The van der Waals surface area contributed by atoms with Gasteiger partial charge >= 0.3 is 0 Å². The molecule has 0 atom stereocenters. The summed E-state index contributed by atoms with van der Waals surface area (Å²) in [6.07, 6.45) is 4.71. The van der Waals surface area contributed by atoms with Crippen LogP contribution in [0.25, 0.3) is 0 Å². The Morgan fingerprint density at radius 2 is 1.88 bits per heavy atom. The molecular weight excluding hydrogens is 307 g/mol. The fourth-order valence-corrected chi connectivity index (χ4v) is 2.80. The van der Waals surface area contributed by atoms with Crippen molar-refractivity contribution in [2.45, 2.75) is 45.6 Å². The van der Waals surface area contributed by atoms with Gasteiger partial charge in [0.25, 0.3) is 0 Å². The first-order valence-electron chi connectivity index (χ1n) is 8.67. The molecule has 0 spiro atoms. The van der Waals surface area contributed by atoms with E-state index in [1.807, 2.05) is 6.92 Å². The van der Waals surface area contributed by atoms with Gasteiger partial charge in [0.05, 0.1) is 0 Å². The van der Waals surface area contributed by atoms with Crippen molar-refractivity contribution in [1.82, 2.24) is 10.6 Å². The lowest BCUT2D eigenvalue weighted by Crippen LogP contribution is -2.45. The molecule has 1 aromatic carbocycles. The number of nitrogens with one attached hydrogen (secondary N) is 3. The first-order valence-corrected chi connectivity index (χ1v) is 8.67. The molecule has 1 aromatic rings. The van der Waals surface area contributed by atoms with Gasteiger partial charge in [-0.15, -0.1) is 0 Å². The van der Waals surface area contributed by atoms with Crippen LogP contribution >= 0.6 is 0 Å². The first kappa shape index (κ1) is 18.2. The Bertz CT molecular complexity index is 551. The van der Waals surface area contributed by atoms with E-state index >= 15 is 0 Å². The van der Waals surface area contributed by atoms with Crippen LogP contribution in [-0.2, 0) is 4.79 Å². The third-order valence-corrected chi connectivity index (χ3v) is 4.21. The molecule has 1 aliphatic carbocycles. The summed E-state index contributed by atoms with van der Waals surface area (Å²) in [5.41, 5.74) is 0.566. The van der Waals surface area contributed by atoms with Gasteiger partial charge in [0.15, 0.2) is 5.96 Å². The van der Waals surface area contributed by atoms with E-state index in [4.69, 9.17) is 0 Å². The minimum Gasteiger partial charge on any atom is -0.357 e. The SMILES string of the molecule is CCNC(=NCC(=O)Nc1ccc(F)cc1)NC1CCC(C)CC1. The lowest BCUT2D eigenvalue weighted by atomic mass is 9.87. The number of carbonyl (C=O) groups is 1. The maximum Gasteiger partial charge on any atom is 0.246 e. The molecule has 132 valence electrons. The number of amides is 1. The number of carbonyl (C=O) groups excluding carboxylic acids is 1. The van der Waals surface area contributed by atoms with Crippen LogP contribution < -0.4 is 16.0 Å². The number of hydrogen-bond donors (Lipinski definition) is 3. The number of halogens is 1. The van der Waals surface area contributed by atoms with Crippen molar-refractivity contribution in [3.8, 4) is 0 Å². The molecule has 1 amide bonds.